The molecule has 17 heavy (non-hydrogen) atoms. The zero-order valence-corrected chi connectivity index (χ0v) is 11.0. The van der Waals surface area contributed by atoms with Crippen LogP contribution in [0.1, 0.15) is 29.1 Å². The summed E-state index contributed by atoms with van der Waals surface area (Å²) in [7, 11) is 1.87. The highest BCUT2D eigenvalue weighted by Crippen LogP contribution is 2.37. The normalized spacial score (nSPS) is 9.76. The monoisotopic (exact) mass is 252 g/mol. The molecule has 1 aromatic heterocycles. The van der Waals surface area contributed by atoms with E-state index >= 15 is 0 Å². The Labute approximate surface area is 105 Å². The average Bonchev–Trinajstić information content (AvgIpc) is 2.65. The van der Waals surface area contributed by atoms with Crippen molar-refractivity contribution in [1.82, 2.24) is 5.32 Å². The summed E-state index contributed by atoms with van der Waals surface area (Å²) in [5.74, 6) is -0.220. The summed E-state index contributed by atoms with van der Waals surface area (Å²) in [6.07, 6.45) is 0. The molecular weight excluding hydrogens is 236 g/mol. The summed E-state index contributed by atoms with van der Waals surface area (Å²) in [5, 5.41) is 12.5. The fourth-order valence-corrected chi connectivity index (χ4v) is 2.47. The van der Waals surface area contributed by atoms with Crippen LogP contribution in [-0.2, 0) is 0 Å². The van der Waals surface area contributed by atoms with Gasteiger partial charge in [0.1, 0.15) is 21.5 Å². The molecule has 0 aliphatic rings. The average molecular weight is 252 g/mol. The highest BCUT2D eigenvalue weighted by Gasteiger charge is 2.22. The Morgan fingerprint density at radius 1 is 1.59 bits per heavy atom. The van der Waals surface area contributed by atoms with Gasteiger partial charge in [0.2, 0.25) is 0 Å². The van der Waals surface area contributed by atoms with Crippen LogP contribution in [0.3, 0.4) is 0 Å². The van der Waals surface area contributed by atoms with E-state index in [9.17, 15) is 4.79 Å². The zero-order chi connectivity index (χ0) is 13.0. The lowest BCUT2D eigenvalue weighted by Crippen LogP contribution is -2.22. The smallest absolute Gasteiger partial charge is 0.263 e. The largest absolute Gasteiger partial charge is 0.396 e. The lowest BCUT2D eigenvalue weighted by Gasteiger charge is -2.14. The number of carbonyl (C=O) groups excluding carboxylic acids is 1. The van der Waals surface area contributed by atoms with Crippen LogP contribution in [-0.4, -0.2) is 26.0 Å². The van der Waals surface area contributed by atoms with Crippen LogP contribution in [0.5, 0.6) is 0 Å². The molecule has 1 aromatic rings. The lowest BCUT2D eigenvalue weighted by molar-refractivity contribution is 0.0960. The minimum absolute atomic E-state index is 0.220. The van der Waals surface area contributed by atoms with Crippen LogP contribution in [0.15, 0.2) is 0 Å². The number of nitrogens with one attached hydrogen (secondary N) is 1. The summed E-state index contributed by atoms with van der Waals surface area (Å²) >= 11 is 1.26. The Bertz CT molecular complexity index is 461. The first-order valence-electron chi connectivity index (χ1n) is 5.38. The molecule has 0 bridgehead atoms. The van der Waals surface area contributed by atoms with Crippen molar-refractivity contribution in [2.75, 3.05) is 30.8 Å². The molecule has 0 unspecified atom stereocenters. The molecule has 0 spiro atoms. The van der Waals surface area contributed by atoms with Gasteiger partial charge in [-0.05, 0) is 13.8 Å². The van der Waals surface area contributed by atoms with Gasteiger partial charge in [0.05, 0.1) is 5.69 Å². The number of nitrogens with two attached hydrogens (primary N) is 1. The van der Waals surface area contributed by atoms with Crippen molar-refractivity contribution in [3.63, 3.8) is 0 Å². The summed E-state index contributed by atoms with van der Waals surface area (Å²) in [4.78, 5) is 14.1. The molecule has 3 N–H and O–H groups in total. The first kappa shape index (κ1) is 13.3. The highest BCUT2D eigenvalue weighted by molar-refractivity contribution is 7.19. The maximum Gasteiger partial charge on any atom is 0.263 e. The van der Waals surface area contributed by atoms with E-state index in [1.807, 2.05) is 25.8 Å². The molecule has 1 heterocycles. The van der Waals surface area contributed by atoms with Crippen molar-refractivity contribution in [1.29, 1.82) is 5.26 Å². The van der Waals surface area contributed by atoms with Crippen LogP contribution in [0.25, 0.3) is 0 Å². The minimum atomic E-state index is -0.220. The third-order valence-corrected chi connectivity index (χ3v) is 3.72. The molecule has 0 fully saturated rings. The second-order valence-electron chi connectivity index (χ2n) is 3.51. The summed E-state index contributed by atoms with van der Waals surface area (Å²) in [5.41, 5.74) is 6.50. The number of carbonyl (C=O) groups is 1. The van der Waals surface area contributed by atoms with Crippen molar-refractivity contribution in [3.8, 4) is 6.07 Å². The molecule has 92 valence electrons. The Hall–Kier alpha value is -1.74. The zero-order valence-electron chi connectivity index (χ0n) is 10.2. The molecule has 0 saturated carbocycles. The van der Waals surface area contributed by atoms with Gasteiger partial charge in [-0.15, -0.1) is 11.3 Å². The molecule has 0 aromatic carbocycles. The molecule has 5 nitrogen and oxygen atoms in total. The molecule has 1 rings (SSSR count). The van der Waals surface area contributed by atoms with Crippen LogP contribution in [0, 0.1) is 11.3 Å². The number of hydrogen-bond acceptors (Lipinski definition) is 5. The standard InChI is InChI=1S/C11H16N4OS/c1-4-14-10(16)9-8(13)7(6-12)11(17-9)15(3)5-2/h4-5,13H2,1-3H3,(H,14,16). The predicted molar refractivity (Wildman–Crippen MR) is 70.4 cm³/mol. The van der Waals surface area contributed by atoms with Crippen molar-refractivity contribution in [3.05, 3.63) is 10.4 Å². The summed E-state index contributed by atoms with van der Waals surface area (Å²) in [6, 6.07) is 2.06. The van der Waals surface area contributed by atoms with Crippen LogP contribution in [0.2, 0.25) is 0 Å². The van der Waals surface area contributed by atoms with Crippen LogP contribution >= 0.6 is 11.3 Å². The maximum absolute atomic E-state index is 11.7. The van der Waals surface area contributed by atoms with Gasteiger partial charge in [-0.3, -0.25) is 4.79 Å². The number of hydrogen-bond donors (Lipinski definition) is 2. The number of nitriles is 1. The molecule has 0 aliphatic carbocycles. The fourth-order valence-electron chi connectivity index (χ4n) is 1.36. The molecule has 0 saturated heterocycles. The van der Waals surface area contributed by atoms with Crippen LogP contribution in [0.4, 0.5) is 10.7 Å². The van der Waals surface area contributed by atoms with Gasteiger partial charge >= 0.3 is 0 Å². The number of anilines is 2. The number of amides is 1. The van der Waals surface area contributed by atoms with Crippen molar-refractivity contribution >= 4 is 27.9 Å². The Morgan fingerprint density at radius 3 is 2.71 bits per heavy atom. The van der Waals surface area contributed by atoms with Gasteiger partial charge in [-0.1, -0.05) is 0 Å². The fraction of sp³-hybridized carbons (Fsp3) is 0.455. The van der Waals surface area contributed by atoms with Gasteiger partial charge in [-0.2, -0.15) is 5.26 Å². The van der Waals surface area contributed by atoms with E-state index in [0.717, 1.165) is 11.5 Å². The number of thiophene rings is 1. The third-order valence-electron chi connectivity index (χ3n) is 2.40. The van der Waals surface area contributed by atoms with E-state index in [4.69, 9.17) is 11.0 Å². The second kappa shape index (κ2) is 5.55. The van der Waals surface area contributed by atoms with Crippen molar-refractivity contribution < 1.29 is 4.79 Å². The topological polar surface area (TPSA) is 82.2 Å². The van der Waals surface area contributed by atoms with E-state index in [1.165, 1.54) is 11.3 Å². The van der Waals surface area contributed by atoms with Crippen molar-refractivity contribution in [2.24, 2.45) is 0 Å². The number of rotatable bonds is 4. The van der Waals surface area contributed by atoms with Gasteiger partial charge in [0, 0.05) is 20.1 Å². The Morgan fingerprint density at radius 2 is 2.24 bits per heavy atom. The molecule has 0 atom stereocenters. The van der Waals surface area contributed by atoms with Gasteiger partial charge in [-0.25, -0.2) is 0 Å². The van der Waals surface area contributed by atoms with E-state index in [-0.39, 0.29) is 11.6 Å². The Kier molecular flexibility index (Phi) is 4.35. The third kappa shape index (κ3) is 2.50. The lowest BCUT2D eigenvalue weighted by atomic mass is 10.2. The predicted octanol–water partition coefficient (Wildman–Crippen LogP) is 1.41. The summed E-state index contributed by atoms with van der Waals surface area (Å²) in [6.45, 7) is 5.11. The first-order valence-corrected chi connectivity index (χ1v) is 6.20. The van der Waals surface area contributed by atoms with Gasteiger partial charge < -0.3 is 16.0 Å². The maximum atomic E-state index is 11.7. The van der Waals surface area contributed by atoms with Gasteiger partial charge in [0.15, 0.2) is 0 Å². The molecule has 0 aliphatic heterocycles. The summed E-state index contributed by atoms with van der Waals surface area (Å²) < 4.78 is 0. The number of nitrogens with zero attached hydrogens (tertiary/aromatic N) is 2. The van der Waals surface area contributed by atoms with E-state index in [0.29, 0.717) is 17.0 Å². The molecule has 0 radical (unpaired) electrons. The van der Waals surface area contributed by atoms with E-state index < -0.39 is 0 Å². The van der Waals surface area contributed by atoms with E-state index in [2.05, 4.69) is 11.4 Å². The number of nitrogen functional groups attached to an aromatic ring is 1. The Balaban J connectivity index is 3.23. The van der Waals surface area contributed by atoms with Gasteiger partial charge in [0.25, 0.3) is 5.91 Å². The van der Waals surface area contributed by atoms with E-state index in [1.54, 1.807) is 0 Å². The van der Waals surface area contributed by atoms with Crippen molar-refractivity contribution in [2.45, 2.75) is 13.8 Å². The molecular formula is C11H16N4OS. The molecule has 1 amide bonds. The quantitative estimate of drug-likeness (QED) is 0.848. The SMILES string of the molecule is CCNC(=O)c1sc(N(C)CC)c(C#N)c1N. The highest BCUT2D eigenvalue weighted by atomic mass is 32.1. The second-order valence-corrected chi connectivity index (χ2v) is 4.51. The van der Waals surface area contributed by atoms with Crippen LogP contribution < -0.4 is 16.0 Å². The first-order chi connectivity index (χ1) is 8.06. The minimum Gasteiger partial charge on any atom is -0.396 e. The molecule has 6 heteroatoms.